The van der Waals surface area contributed by atoms with Crippen LogP contribution in [0.15, 0.2) is 9.95 Å². The van der Waals surface area contributed by atoms with Crippen molar-refractivity contribution in [2.24, 2.45) is 0 Å². The van der Waals surface area contributed by atoms with E-state index in [1.165, 1.54) is 0 Å². The topological polar surface area (TPSA) is 88.9 Å². The van der Waals surface area contributed by atoms with Crippen molar-refractivity contribution in [1.82, 2.24) is 9.97 Å². The minimum Gasteiger partial charge on any atom is -0.295 e. The lowest BCUT2D eigenvalue weighted by atomic mass is 10.5. The number of aromatic nitrogens is 2. The van der Waals surface area contributed by atoms with Crippen LogP contribution in [0.2, 0.25) is 5.15 Å². The normalized spacial score (nSPS) is 10.0. The second-order valence-corrected chi connectivity index (χ2v) is 3.12. The molecule has 0 atom stereocenters. The monoisotopic (exact) mass is 221 g/mol. The Bertz CT molecular complexity index is 405. The van der Waals surface area contributed by atoms with Crippen LogP contribution >= 0.6 is 23.4 Å². The molecule has 0 unspecified atom stereocenters. The summed E-state index contributed by atoms with van der Waals surface area (Å²) < 4.78 is 0. The fourth-order valence-electron chi connectivity index (χ4n) is 0.675. The summed E-state index contributed by atoms with van der Waals surface area (Å²) in [6.45, 7) is 0. The van der Waals surface area contributed by atoms with Gasteiger partial charge < -0.3 is 0 Å². The summed E-state index contributed by atoms with van der Waals surface area (Å²) in [4.78, 5) is 26.3. The van der Waals surface area contributed by atoms with Gasteiger partial charge in [-0.15, -0.1) is 0 Å². The van der Waals surface area contributed by atoms with Crippen molar-refractivity contribution < 1.29 is 4.92 Å². The molecule has 0 aromatic carbocycles. The molecular formula is C5H4ClN3O3S. The van der Waals surface area contributed by atoms with Gasteiger partial charge in [-0.2, -0.15) is 0 Å². The van der Waals surface area contributed by atoms with Gasteiger partial charge in [-0.1, -0.05) is 23.4 Å². The SMILES string of the molecule is CSc1nc(Cl)c([N+](=O)[O-])c(=O)[nH]1. The van der Waals surface area contributed by atoms with Crippen molar-refractivity contribution in [3.8, 4) is 0 Å². The average molecular weight is 222 g/mol. The van der Waals surface area contributed by atoms with Crippen LogP contribution in [0.3, 0.4) is 0 Å². The maximum absolute atomic E-state index is 11.0. The summed E-state index contributed by atoms with van der Waals surface area (Å²) in [5.41, 5.74) is -1.56. The molecule has 1 aromatic rings. The smallest absolute Gasteiger partial charge is 0.295 e. The Morgan fingerprint density at radius 3 is 2.69 bits per heavy atom. The summed E-state index contributed by atoms with van der Waals surface area (Å²) >= 11 is 6.57. The largest absolute Gasteiger partial charge is 0.370 e. The van der Waals surface area contributed by atoms with E-state index in [2.05, 4.69) is 9.97 Å². The van der Waals surface area contributed by atoms with Crippen LogP contribution in [-0.2, 0) is 0 Å². The molecule has 1 rings (SSSR count). The first kappa shape index (κ1) is 10.0. The van der Waals surface area contributed by atoms with Crippen LogP contribution in [0, 0.1) is 10.1 Å². The Hall–Kier alpha value is -1.08. The molecule has 0 spiro atoms. The molecule has 0 aliphatic heterocycles. The minimum absolute atomic E-state index is 0.251. The molecule has 0 radical (unpaired) electrons. The van der Waals surface area contributed by atoms with Gasteiger partial charge in [0.2, 0.25) is 5.15 Å². The predicted octanol–water partition coefficient (Wildman–Crippen LogP) is 1.05. The number of hydrogen-bond acceptors (Lipinski definition) is 5. The summed E-state index contributed by atoms with van der Waals surface area (Å²) in [5.74, 6) is 0. The van der Waals surface area contributed by atoms with E-state index in [0.29, 0.717) is 0 Å². The van der Waals surface area contributed by atoms with Gasteiger partial charge in [0, 0.05) is 0 Å². The van der Waals surface area contributed by atoms with E-state index in [1.807, 2.05) is 0 Å². The van der Waals surface area contributed by atoms with E-state index >= 15 is 0 Å². The zero-order chi connectivity index (χ0) is 10.0. The van der Waals surface area contributed by atoms with Crippen LogP contribution in [0.4, 0.5) is 5.69 Å². The molecule has 0 aliphatic carbocycles. The molecule has 0 saturated carbocycles. The number of H-pyrrole nitrogens is 1. The molecule has 0 amide bonds. The highest BCUT2D eigenvalue weighted by Crippen LogP contribution is 2.18. The molecule has 1 aromatic heterocycles. The highest BCUT2D eigenvalue weighted by molar-refractivity contribution is 7.98. The minimum atomic E-state index is -0.863. The summed E-state index contributed by atoms with van der Waals surface area (Å²) in [6.07, 6.45) is 1.67. The molecule has 1 heterocycles. The molecule has 0 saturated heterocycles. The van der Waals surface area contributed by atoms with Crippen LogP contribution < -0.4 is 5.56 Å². The second-order valence-electron chi connectivity index (χ2n) is 1.97. The quantitative estimate of drug-likeness (QED) is 0.265. The van der Waals surface area contributed by atoms with Gasteiger partial charge >= 0.3 is 11.2 Å². The fourth-order valence-corrected chi connectivity index (χ4v) is 1.34. The van der Waals surface area contributed by atoms with Crippen LogP contribution in [0.5, 0.6) is 0 Å². The third kappa shape index (κ3) is 1.99. The van der Waals surface area contributed by atoms with E-state index in [1.54, 1.807) is 6.26 Å². The third-order valence-electron chi connectivity index (χ3n) is 1.21. The van der Waals surface area contributed by atoms with E-state index in [9.17, 15) is 14.9 Å². The zero-order valence-corrected chi connectivity index (χ0v) is 7.98. The number of nitrogens with one attached hydrogen (secondary N) is 1. The van der Waals surface area contributed by atoms with Crippen LogP contribution in [-0.4, -0.2) is 21.1 Å². The van der Waals surface area contributed by atoms with Gasteiger partial charge in [0.15, 0.2) is 5.16 Å². The average Bonchev–Trinajstić information content (AvgIpc) is 2.02. The first-order valence-corrected chi connectivity index (χ1v) is 4.64. The van der Waals surface area contributed by atoms with E-state index in [4.69, 9.17) is 11.6 Å². The molecule has 1 N–H and O–H groups in total. The van der Waals surface area contributed by atoms with Gasteiger partial charge in [0.25, 0.3) is 0 Å². The molecule has 0 fully saturated rings. The predicted molar refractivity (Wildman–Crippen MR) is 48.3 cm³/mol. The number of halogens is 1. The molecular weight excluding hydrogens is 218 g/mol. The number of nitro groups is 1. The summed E-state index contributed by atoms with van der Waals surface area (Å²) in [6, 6.07) is 0. The van der Waals surface area contributed by atoms with Gasteiger partial charge in [0.05, 0.1) is 4.92 Å². The van der Waals surface area contributed by atoms with Crippen molar-refractivity contribution in [1.29, 1.82) is 0 Å². The lowest BCUT2D eigenvalue weighted by Gasteiger charge is -1.96. The maximum atomic E-state index is 11.0. The lowest BCUT2D eigenvalue weighted by molar-refractivity contribution is -0.386. The highest BCUT2D eigenvalue weighted by Gasteiger charge is 2.20. The zero-order valence-electron chi connectivity index (χ0n) is 6.41. The van der Waals surface area contributed by atoms with Crippen molar-refractivity contribution in [2.45, 2.75) is 5.16 Å². The van der Waals surface area contributed by atoms with Gasteiger partial charge in [-0.05, 0) is 6.26 Å². The second kappa shape index (κ2) is 3.75. The fraction of sp³-hybridized carbons (Fsp3) is 0.200. The number of thioether (sulfide) groups is 1. The van der Waals surface area contributed by atoms with E-state index in [0.717, 1.165) is 11.8 Å². The molecule has 8 heteroatoms. The van der Waals surface area contributed by atoms with Crippen molar-refractivity contribution in [3.63, 3.8) is 0 Å². The Kier molecular flexibility index (Phi) is 2.89. The van der Waals surface area contributed by atoms with Gasteiger partial charge in [-0.25, -0.2) is 4.98 Å². The third-order valence-corrected chi connectivity index (χ3v) is 2.05. The number of hydrogen-bond donors (Lipinski definition) is 1. The first-order chi connectivity index (χ1) is 6.06. The Morgan fingerprint density at radius 1 is 1.69 bits per heavy atom. The van der Waals surface area contributed by atoms with Crippen LogP contribution in [0.25, 0.3) is 0 Å². The van der Waals surface area contributed by atoms with Crippen molar-refractivity contribution in [3.05, 3.63) is 25.6 Å². The number of rotatable bonds is 2. The molecule has 0 bridgehead atoms. The standard InChI is InChI=1S/C5H4ClN3O3S/c1-13-5-7-3(6)2(9(11)12)4(10)8-5/h1H3,(H,7,8,10). The summed E-state index contributed by atoms with van der Waals surface area (Å²) in [7, 11) is 0. The first-order valence-electron chi connectivity index (χ1n) is 3.04. The Morgan fingerprint density at radius 2 is 2.31 bits per heavy atom. The number of aromatic amines is 1. The van der Waals surface area contributed by atoms with Crippen molar-refractivity contribution >= 4 is 29.1 Å². The Labute approximate surface area is 81.5 Å². The Balaban J connectivity index is 3.40. The molecule has 70 valence electrons. The van der Waals surface area contributed by atoms with Crippen molar-refractivity contribution in [2.75, 3.05) is 6.26 Å². The highest BCUT2D eigenvalue weighted by atomic mass is 35.5. The van der Waals surface area contributed by atoms with E-state index < -0.39 is 21.3 Å². The summed E-state index contributed by atoms with van der Waals surface area (Å²) in [5, 5.41) is 10.2. The lowest BCUT2D eigenvalue weighted by Crippen LogP contribution is -2.14. The van der Waals surface area contributed by atoms with E-state index in [-0.39, 0.29) is 5.16 Å². The molecule has 0 aliphatic rings. The van der Waals surface area contributed by atoms with Gasteiger partial charge in [0.1, 0.15) is 0 Å². The van der Waals surface area contributed by atoms with Gasteiger partial charge in [-0.3, -0.25) is 19.9 Å². The molecule has 6 nitrogen and oxygen atoms in total. The molecule has 13 heavy (non-hydrogen) atoms. The maximum Gasteiger partial charge on any atom is 0.370 e. The van der Waals surface area contributed by atoms with Crippen LogP contribution in [0.1, 0.15) is 0 Å². The number of nitrogens with zero attached hydrogens (tertiary/aromatic N) is 2.